The molecule has 0 rings (SSSR count). The zero-order chi connectivity index (χ0) is 52.9. The van der Waals surface area contributed by atoms with E-state index in [-0.39, 0.29) is 18.5 Å². The summed E-state index contributed by atoms with van der Waals surface area (Å²) in [5, 5.41) is 23.2. The van der Waals surface area contributed by atoms with Gasteiger partial charge in [0, 0.05) is 12.8 Å². The third-order valence-corrected chi connectivity index (χ3v) is 15.1. The van der Waals surface area contributed by atoms with E-state index in [1.807, 2.05) is 6.08 Å². The van der Waals surface area contributed by atoms with Crippen LogP contribution in [0.2, 0.25) is 0 Å². The second-order valence-corrected chi connectivity index (χ2v) is 22.4. The van der Waals surface area contributed by atoms with Gasteiger partial charge in [-0.1, -0.05) is 294 Å². The number of carbonyl (C=O) groups is 2. The second-order valence-electron chi connectivity index (χ2n) is 22.4. The Morgan fingerprint density at radius 1 is 0.370 bits per heavy atom. The fourth-order valence-corrected chi connectivity index (χ4v) is 10.1. The van der Waals surface area contributed by atoms with Crippen LogP contribution in [-0.2, 0) is 14.3 Å². The molecule has 0 radical (unpaired) electrons. The first-order valence-corrected chi connectivity index (χ1v) is 32.8. The first kappa shape index (κ1) is 71.1. The van der Waals surface area contributed by atoms with Crippen molar-refractivity contribution in [3.05, 3.63) is 36.5 Å². The van der Waals surface area contributed by atoms with Gasteiger partial charge in [-0.2, -0.15) is 0 Å². The lowest BCUT2D eigenvalue weighted by Crippen LogP contribution is -2.45. The summed E-state index contributed by atoms with van der Waals surface area (Å²) in [6.45, 7) is 4.91. The molecule has 2 unspecified atom stereocenters. The van der Waals surface area contributed by atoms with Crippen LogP contribution in [0.5, 0.6) is 0 Å². The maximum absolute atomic E-state index is 12.5. The number of carbonyl (C=O) groups excluding carboxylic acids is 2. The van der Waals surface area contributed by atoms with Crippen molar-refractivity contribution in [2.45, 2.75) is 366 Å². The molecule has 0 spiro atoms. The van der Waals surface area contributed by atoms with Crippen molar-refractivity contribution >= 4 is 11.9 Å². The number of ether oxygens (including phenoxy) is 1. The fourth-order valence-electron chi connectivity index (χ4n) is 10.1. The lowest BCUT2D eigenvalue weighted by Gasteiger charge is -2.20. The molecular weight excluding hydrogens is 899 g/mol. The summed E-state index contributed by atoms with van der Waals surface area (Å²) in [6, 6.07) is -0.633. The number of nitrogens with one attached hydrogen (secondary N) is 1. The normalized spacial score (nSPS) is 12.8. The first-order valence-electron chi connectivity index (χ1n) is 32.8. The number of aliphatic hydroxyl groups excluding tert-OH is 2. The standard InChI is InChI=1S/C67H127NO5/c1-3-5-7-9-11-13-15-17-19-20-26-29-32-35-39-43-47-51-55-59-65(70)64(63-69)68-66(71)60-56-52-48-44-40-36-33-30-27-24-22-21-23-25-28-31-34-38-42-46-50-54-58-62-73-67(72)61-57-53-49-45-41-37-18-16-14-12-10-8-6-4-2/h16,18,24,27,55,59,64-65,69-70H,3-15,17,19-23,25-26,28-54,56-58,60-63H2,1-2H3,(H,68,71)/b18-16-,27-24-,59-55+. The Kier molecular flexibility index (Phi) is 61.0. The van der Waals surface area contributed by atoms with E-state index in [2.05, 4.69) is 43.5 Å². The van der Waals surface area contributed by atoms with E-state index in [0.717, 1.165) is 51.4 Å². The lowest BCUT2D eigenvalue weighted by molar-refractivity contribution is -0.143. The predicted octanol–water partition coefficient (Wildman–Crippen LogP) is 20.8. The highest BCUT2D eigenvalue weighted by Gasteiger charge is 2.18. The molecule has 0 aliphatic heterocycles. The van der Waals surface area contributed by atoms with E-state index in [4.69, 9.17) is 4.74 Å². The number of unbranched alkanes of at least 4 members (excludes halogenated alkanes) is 46. The van der Waals surface area contributed by atoms with Crippen molar-refractivity contribution in [1.29, 1.82) is 0 Å². The van der Waals surface area contributed by atoms with Gasteiger partial charge < -0.3 is 20.3 Å². The van der Waals surface area contributed by atoms with Crippen molar-refractivity contribution < 1.29 is 24.5 Å². The maximum atomic E-state index is 12.5. The summed E-state index contributed by atoms with van der Waals surface area (Å²) in [7, 11) is 0. The van der Waals surface area contributed by atoms with E-state index in [1.54, 1.807) is 6.08 Å². The Labute approximate surface area is 455 Å². The molecule has 0 bridgehead atoms. The van der Waals surface area contributed by atoms with Crippen LogP contribution >= 0.6 is 0 Å². The zero-order valence-electron chi connectivity index (χ0n) is 49.1. The molecule has 1 amide bonds. The molecule has 6 heteroatoms. The number of hydrogen-bond donors (Lipinski definition) is 3. The average molecular weight is 1030 g/mol. The summed E-state index contributed by atoms with van der Waals surface area (Å²) in [6.07, 6.45) is 79.1. The predicted molar refractivity (Wildman–Crippen MR) is 319 cm³/mol. The van der Waals surface area contributed by atoms with Crippen molar-refractivity contribution in [2.75, 3.05) is 13.2 Å². The first-order chi connectivity index (χ1) is 36.0. The van der Waals surface area contributed by atoms with Crippen LogP contribution in [0.15, 0.2) is 36.5 Å². The SMILES string of the molecule is CCCCCCC/C=C\CCCCCCCC(=O)OCCCCCCCCCCCCCC/C=C\CCCCCCCCCC(=O)NC(CO)C(O)/C=C/CCCCCCCCCCCCCCCCCCC. The van der Waals surface area contributed by atoms with Crippen molar-refractivity contribution in [3.63, 3.8) is 0 Å². The van der Waals surface area contributed by atoms with Gasteiger partial charge in [-0.15, -0.1) is 0 Å². The van der Waals surface area contributed by atoms with Gasteiger partial charge in [0.15, 0.2) is 0 Å². The minimum atomic E-state index is -0.849. The summed E-state index contributed by atoms with van der Waals surface area (Å²) in [5.74, 6) is -0.0693. The van der Waals surface area contributed by atoms with Crippen LogP contribution in [0.25, 0.3) is 0 Å². The Hall–Kier alpha value is -1.92. The molecule has 430 valence electrons. The fraction of sp³-hybridized carbons (Fsp3) is 0.881. The van der Waals surface area contributed by atoms with Gasteiger partial charge in [0.1, 0.15) is 0 Å². The largest absolute Gasteiger partial charge is 0.466 e. The summed E-state index contributed by atoms with van der Waals surface area (Å²) >= 11 is 0. The molecule has 0 aliphatic rings. The number of allylic oxidation sites excluding steroid dienone is 5. The Bertz CT molecular complexity index is 1180. The van der Waals surface area contributed by atoms with E-state index in [0.29, 0.717) is 19.4 Å². The van der Waals surface area contributed by atoms with Gasteiger partial charge in [-0.25, -0.2) is 0 Å². The molecule has 3 N–H and O–H groups in total. The molecule has 0 saturated carbocycles. The summed E-state index contributed by atoms with van der Waals surface area (Å²) in [4.78, 5) is 24.5. The second kappa shape index (κ2) is 62.6. The minimum absolute atomic E-state index is 0.00263. The van der Waals surface area contributed by atoms with Gasteiger partial charge in [0.05, 0.1) is 25.4 Å². The molecular formula is C67H127NO5. The quantitative estimate of drug-likeness (QED) is 0.0320. The topological polar surface area (TPSA) is 95.9 Å². The molecule has 0 aromatic carbocycles. The van der Waals surface area contributed by atoms with Crippen LogP contribution in [-0.4, -0.2) is 47.4 Å². The van der Waals surface area contributed by atoms with Gasteiger partial charge in [0.2, 0.25) is 5.91 Å². The highest BCUT2D eigenvalue weighted by Crippen LogP contribution is 2.17. The monoisotopic (exact) mass is 1030 g/mol. The van der Waals surface area contributed by atoms with E-state index in [1.165, 1.54) is 276 Å². The summed E-state index contributed by atoms with van der Waals surface area (Å²) in [5.41, 5.74) is 0. The van der Waals surface area contributed by atoms with Gasteiger partial charge in [-0.3, -0.25) is 9.59 Å². The number of hydrogen-bond acceptors (Lipinski definition) is 5. The number of esters is 1. The Morgan fingerprint density at radius 3 is 0.973 bits per heavy atom. The molecule has 2 atom stereocenters. The van der Waals surface area contributed by atoms with E-state index < -0.39 is 12.1 Å². The smallest absolute Gasteiger partial charge is 0.305 e. The minimum Gasteiger partial charge on any atom is -0.466 e. The molecule has 73 heavy (non-hydrogen) atoms. The van der Waals surface area contributed by atoms with Crippen molar-refractivity contribution in [3.8, 4) is 0 Å². The number of amides is 1. The van der Waals surface area contributed by atoms with E-state index in [9.17, 15) is 19.8 Å². The van der Waals surface area contributed by atoms with Crippen LogP contribution in [0, 0.1) is 0 Å². The van der Waals surface area contributed by atoms with E-state index >= 15 is 0 Å². The van der Waals surface area contributed by atoms with Crippen molar-refractivity contribution in [1.82, 2.24) is 5.32 Å². The highest BCUT2D eigenvalue weighted by atomic mass is 16.5. The Morgan fingerprint density at radius 2 is 0.644 bits per heavy atom. The van der Waals surface area contributed by atoms with Crippen LogP contribution in [0.3, 0.4) is 0 Å². The highest BCUT2D eigenvalue weighted by molar-refractivity contribution is 5.76. The molecule has 0 saturated heterocycles. The van der Waals surface area contributed by atoms with Crippen LogP contribution in [0.1, 0.15) is 354 Å². The van der Waals surface area contributed by atoms with Gasteiger partial charge in [0.25, 0.3) is 0 Å². The molecule has 0 aliphatic carbocycles. The Balaban J connectivity index is 3.44. The molecule has 0 fully saturated rings. The lowest BCUT2D eigenvalue weighted by atomic mass is 10.0. The molecule has 0 aromatic rings. The van der Waals surface area contributed by atoms with Gasteiger partial charge >= 0.3 is 5.97 Å². The van der Waals surface area contributed by atoms with Crippen molar-refractivity contribution in [2.24, 2.45) is 0 Å². The molecule has 0 heterocycles. The maximum Gasteiger partial charge on any atom is 0.305 e. The third kappa shape index (κ3) is 59.2. The van der Waals surface area contributed by atoms with Gasteiger partial charge in [-0.05, 0) is 83.5 Å². The van der Waals surface area contributed by atoms with Crippen LogP contribution in [0.4, 0.5) is 0 Å². The average Bonchev–Trinajstić information content (AvgIpc) is 3.39. The number of aliphatic hydroxyl groups is 2. The molecule has 0 aromatic heterocycles. The third-order valence-electron chi connectivity index (χ3n) is 15.1. The summed E-state index contributed by atoms with van der Waals surface area (Å²) < 4.78 is 5.48. The number of rotatable bonds is 61. The molecule has 6 nitrogen and oxygen atoms in total. The zero-order valence-corrected chi connectivity index (χ0v) is 49.1. The van der Waals surface area contributed by atoms with Crippen LogP contribution < -0.4 is 5.32 Å².